The van der Waals surface area contributed by atoms with Gasteiger partial charge in [-0.3, -0.25) is 0 Å². The number of pyridine rings is 1. The van der Waals surface area contributed by atoms with E-state index in [1.165, 1.54) is 7.11 Å². The van der Waals surface area contributed by atoms with Crippen molar-refractivity contribution in [1.82, 2.24) is 14.6 Å². The molecule has 0 radical (unpaired) electrons. The van der Waals surface area contributed by atoms with Gasteiger partial charge in [0.2, 0.25) is 5.95 Å². The van der Waals surface area contributed by atoms with Gasteiger partial charge in [0.25, 0.3) is 0 Å². The summed E-state index contributed by atoms with van der Waals surface area (Å²) in [6, 6.07) is 3.25. The first-order valence-electron chi connectivity index (χ1n) is 5.87. The molecule has 0 aliphatic heterocycles. The Bertz CT molecular complexity index is 596. The summed E-state index contributed by atoms with van der Waals surface area (Å²) < 4.78 is 7.31. The molecule has 0 bridgehead atoms. The number of carbonyl (C=O) groups excluding carboxylic acids is 1. The molecule has 2 heterocycles. The van der Waals surface area contributed by atoms with E-state index < -0.39 is 6.04 Å². The number of anilines is 1. The van der Waals surface area contributed by atoms with E-state index in [4.69, 9.17) is 4.74 Å². The molecule has 19 heavy (non-hydrogen) atoms. The number of fused-ring (bicyclic) bond motifs is 1. The molecule has 0 aromatic carbocycles. The molecular formula is C12H15BrN4O2. The number of hydrogen-bond donors (Lipinski definition) is 1. The van der Waals surface area contributed by atoms with Gasteiger partial charge in [0.15, 0.2) is 5.65 Å². The second kappa shape index (κ2) is 5.56. The number of esters is 1. The average Bonchev–Trinajstić information content (AvgIpc) is 2.76. The maximum Gasteiger partial charge on any atom is 0.328 e. The first kappa shape index (κ1) is 13.8. The smallest absolute Gasteiger partial charge is 0.328 e. The van der Waals surface area contributed by atoms with Gasteiger partial charge < -0.3 is 10.1 Å². The van der Waals surface area contributed by atoms with Crippen molar-refractivity contribution in [3.63, 3.8) is 0 Å². The van der Waals surface area contributed by atoms with Crippen LogP contribution in [-0.4, -0.2) is 33.7 Å². The summed E-state index contributed by atoms with van der Waals surface area (Å²) in [5.74, 6) is 0.156. The van der Waals surface area contributed by atoms with Gasteiger partial charge in [0.05, 0.1) is 7.11 Å². The van der Waals surface area contributed by atoms with Crippen LogP contribution in [0.1, 0.15) is 13.8 Å². The molecule has 1 unspecified atom stereocenters. The maximum absolute atomic E-state index is 11.7. The first-order valence-corrected chi connectivity index (χ1v) is 6.67. The van der Waals surface area contributed by atoms with Crippen molar-refractivity contribution >= 4 is 33.5 Å². The Kier molecular flexibility index (Phi) is 4.04. The van der Waals surface area contributed by atoms with Crippen molar-refractivity contribution in [1.29, 1.82) is 0 Å². The summed E-state index contributed by atoms with van der Waals surface area (Å²) in [7, 11) is 1.37. The van der Waals surface area contributed by atoms with Crippen molar-refractivity contribution in [3.05, 3.63) is 22.8 Å². The monoisotopic (exact) mass is 326 g/mol. The highest BCUT2D eigenvalue weighted by molar-refractivity contribution is 9.10. The van der Waals surface area contributed by atoms with Gasteiger partial charge in [0, 0.05) is 10.7 Å². The van der Waals surface area contributed by atoms with E-state index in [0.29, 0.717) is 11.6 Å². The largest absolute Gasteiger partial charge is 0.467 e. The SMILES string of the molecule is COC(=O)C(Nc1nc2ccc(Br)cn2n1)C(C)C. The molecule has 2 aromatic heterocycles. The zero-order valence-electron chi connectivity index (χ0n) is 10.9. The van der Waals surface area contributed by atoms with Crippen LogP contribution >= 0.6 is 15.9 Å². The topological polar surface area (TPSA) is 68.5 Å². The molecule has 0 fully saturated rings. The number of methoxy groups -OCH3 is 1. The predicted octanol–water partition coefficient (Wildman–Crippen LogP) is 2.10. The molecular weight excluding hydrogens is 312 g/mol. The molecule has 0 spiro atoms. The minimum atomic E-state index is -0.467. The number of halogens is 1. The molecule has 6 nitrogen and oxygen atoms in total. The molecule has 1 atom stereocenters. The fourth-order valence-electron chi connectivity index (χ4n) is 1.68. The zero-order chi connectivity index (χ0) is 14.0. The van der Waals surface area contributed by atoms with E-state index in [1.807, 2.05) is 26.0 Å². The fraction of sp³-hybridized carbons (Fsp3) is 0.417. The highest BCUT2D eigenvalue weighted by Gasteiger charge is 2.24. The number of nitrogens with zero attached hydrogens (tertiary/aromatic N) is 3. The summed E-state index contributed by atoms with van der Waals surface area (Å²) in [5.41, 5.74) is 0.707. The van der Waals surface area contributed by atoms with Crippen LogP contribution in [-0.2, 0) is 9.53 Å². The van der Waals surface area contributed by atoms with Gasteiger partial charge in [-0.05, 0) is 34.0 Å². The van der Waals surface area contributed by atoms with Gasteiger partial charge in [-0.25, -0.2) is 9.31 Å². The third-order valence-corrected chi connectivity index (χ3v) is 3.17. The van der Waals surface area contributed by atoms with Crippen LogP contribution in [0.25, 0.3) is 5.65 Å². The van der Waals surface area contributed by atoms with Crippen molar-refractivity contribution in [2.75, 3.05) is 12.4 Å². The molecule has 2 rings (SSSR count). The Morgan fingerprint density at radius 3 is 2.84 bits per heavy atom. The lowest BCUT2D eigenvalue weighted by Gasteiger charge is -2.18. The molecule has 102 valence electrons. The van der Waals surface area contributed by atoms with E-state index in [1.54, 1.807) is 10.7 Å². The summed E-state index contributed by atoms with van der Waals surface area (Å²) in [6.07, 6.45) is 1.80. The summed E-state index contributed by atoms with van der Waals surface area (Å²) >= 11 is 3.37. The van der Waals surface area contributed by atoms with Crippen molar-refractivity contribution < 1.29 is 9.53 Å². The Balaban J connectivity index is 2.26. The normalized spacial score (nSPS) is 12.7. The summed E-state index contributed by atoms with van der Waals surface area (Å²) in [5, 5.41) is 7.27. The lowest BCUT2D eigenvalue weighted by atomic mass is 10.1. The number of nitrogens with one attached hydrogen (secondary N) is 1. The number of rotatable bonds is 4. The Morgan fingerprint density at radius 1 is 1.47 bits per heavy atom. The Hall–Kier alpha value is -1.63. The molecule has 1 N–H and O–H groups in total. The van der Waals surface area contributed by atoms with Crippen molar-refractivity contribution in [3.8, 4) is 0 Å². The predicted molar refractivity (Wildman–Crippen MR) is 75.0 cm³/mol. The first-order chi connectivity index (χ1) is 9.01. The number of aromatic nitrogens is 3. The standard InChI is InChI=1S/C12H15BrN4O2/c1-7(2)10(11(18)19-3)15-12-14-9-5-4-8(13)6-17(9)16-12/h4-7,10H,1-3H3,(H,15,16). The highest BCUT2D eigenvalue weighted by Crippen LogP contribution is 2.14. The van der Waals surface area contributed by atoms with Crippen molar-refractivity contribution in [2.24, 2.45) is 5.92 Å². The minimum Gasteiger partial charge on any atom is -0.467 e. The second-order valence-corrected chi connectivity index (χ2v) is 5.39. The van der Waals surface area contributed by atoms with Crippen LogP contribution in [0, 0.1) is 5.92 Å². The Morgan fingerprint density at radius 2 is 2.21 bits per heavy atom. The van der Waals surface area contributed by atoms with Crippen LogP contribution < -0.4 is 5.32 Å². The van der Waals surface area contributed by atoms with Gasteiger partial charge >= 0.3 is 5.97 Å². The lowest BCUT2D eigenvalue weighted by molar-refractivity contribution is -0.142. The van der Waals surface area contributed by atoms with Gasteiger partial charge in [-0.1, -0.05) is 13.8 Å². The number of ether oxygens (including phenoxy) is 1. The van der Waals surface area contributed by atoms with E-state index >= 15 is 0 Å². The molecule has 0 amide bonds. The average molecular weight is 327 g/mol. The van der Waals surface area contributed by atoms with Crippen LogP contribution in [0.4, 0.5) is 5.95 Å². The highest BCUT2D eigenvalue weighted by atomic mass is 79.9. The molecule has 0 aliphatic rings. The third-order valence-electron chi connectivity index (χ3n) is 2.70. The molecule has 2 aromatic rings. The minimum absolute atomic E-state index is 0.0748. The van der Waals surface area contributed by atoms with Crippen LogP contribution in [0.3, 0.4) is 0 Å². The summed E-state index contributed by atoms with van der Waals surface area (Å²) in [6.45, 7) is 3.86. The quantitative estimate of drug-likeness (QED) is 0.871. The molecule has 0 saturated carbocycles. The van der Waals surface area contributed by atoms with Crippen molar-refractivity contribution in [2.45, 2.75) is 19.9 Å². The fourth-order valence-corrected chi connectivity index (χ4v) is 2.01. The van der Waals surface area contributed by atoms with Crippen LogP contribution in [0.2, 0.25) is 0 Å². The lowest BCUT2D eigenvalue weighted by Crippen LogP contribution is -2.35. The zero-order valence-corrected chi connectivity index (χ0v) is 12.5. The molecule has 7 heteroatoms. The van der Waals surface area contributed by atoms with E-state index in [0.717, 1.165) is 4.47 Å². The third kappa shape index (κ3) is 3.04. The second-order valence-electron chi connectivity index (χ2n) is 4.47. The van der Waals surface area contributed by atoms with E-state index in [2.05, 4.69) is 31.3 Å². The van der Waals surface area contributed by atoms with Gasteiger partial charge in [-0.15, -0.1) is 5.10 Å². The summed E-state index contributed by atoms with van der Waals surface area (Å²) in [4.78, 5) is 16.0. The number of hydrogen-bond acceptors (Lipinski definition) is 5. The van der Waals surface area contributed by atoms with E-state index in [-0.39, 0.29) is 11.9 Å². The van der Waals surface area contributed by atoms with Crippen LogP contribution in [0.5, 0.6) is 0 Å². The van der Waals surface area contributed by atoms with E-state index in [9.17, 15) is 4.79 Å². The van der Waals surface area contributed by atoms with Crippen LogP contribution in [0.15, 0.2) is 22.8 Å². The molecule has 0 saturated heterocycles. The Labute approximate surface area is 119 Å². The van der Waals surface area contributed by atoms with Gasteiger partial charge in [0.1, 0.15) is 6.04 Å². The molecule has 0 aliphatic carbocycles. The maximum atomic E-state index is 11.7. The number of carbonyl (C=O) groups is 1. The van der Waals surface area contributed by atoms with Gasteiger partial charge in [-0.2, -0.15) is 4.98 Å².